The minimum Gasteiger partial charge on any atom is -0.460 e. The Labute approximate surface area is 182 Å². The highest BCUT2D eigenvalue weighted by Gasteiger charge is 2.56. The average molecular weight is 441 g/mol. The zero-order valence-electron chi connectivity index (χ0n) is 19.9. The molecule has 1 aliphatic heterocycles. The van der Waals surface area contributed by atoms with E-state index >= 15 is 0 Å². The van der Waals surface area contributed by atoms with Gasteiger partial charge in [0.2, 0.25) is 11.8 Å². The minimum atomic E-state index is -1.97. The fourth-order valence-electron chi connectivity index (χ4n) is 3.81. The highest BCUT2D eigenvalue weighted by atomic mass is 28.4. The molecular formula is C22H40N2O5Si. The molecule has 0 spiro atoms. The van der Waals surface area contributed by atoms with Crippen molar-refractivity contribution in [1.29, 1.82) is 0 Å². The summed E-state index contributed by atoms with van der Waals surface area (Å²) in [6, 6.07) is -0.485. The second kappa shape index (κ2) is 8.61. The number of piperidine rings is 1. The highest BCUT2D eigenvalue weighted by Crippen LogP contribution is 2.48. The number of amides is 2. The van der Waals surface area contributed by atoms with Crippen LogP contribution in [0.15, 0.2) is 0 Å². The Balaban J connectivity index is 2.11. The van der Waals surface area contributed by atoms with Gasteiger partial charge in [-0.15, -0.1) is 0 Å². The van der Waals surface area contributed by atoms with E-state index in [1.165, 1.54) is 0 Å². The van der Waals surface area contributed by atoms with E-state index in [0.717, 1.165) is 6.42 Å². The van der Waals surface area contributed by atoms with Crippen molar-refractivity contribution in [2.75, 3.05) is 6.61 Å². The summed E-state index contributed by atoms with van der Waals surface area (Å²) in [7, 11) is -1.97. The molecule has 0 aromatic rings. The van der Waals surface area contributed by atoms with Crippen molar-refractivity contribution in [3.63, 3.8) is 0 Å². The van der Waals surface area contributed by atoms with Gasteiger partial charge in [-0.1, -0.05) is 20.8 Å². The zero-order chi connectivity index (χ0) is 23.1. The van der Waals surface area contributed by atoms with E-state index in [2.05, 4.69) is 33.9 Å². The quantitative estimate of drug-likeness (QED) is 0.461. The molecule has 7 nitrogen and oxygen atoms in total. The van der Waals surface area contributed by atoms with Gasteiger partial charge in [0.05, 0.1) is 12.3 Å². The first kappa shape index (κ1) is 24.9. The lowest BCUT2D eigenvalue weighted by Crippen LogP contribution is -2.49. The fourth-order valence-corrected chi connectivity index (χ4v) is 4.87. The van der Waals surface area contributed by atoms with Crippen LogP contribution in [-0.2, 0) is 23.5 Å². The van der Waals surface area contributed by atoms with Gasteiger partial charge in [-0.2, -0.15) is 0 Å². The Bertz CT molecular complexity index is 680. The predicted octanol–water partition coefficient (Wildman–Crippen LogP) is 3.22. The van der Waals surface area contributed by atoms with Crippen LogP contribution < -0.4 is 5.73 Å². The standard InChI is InChI=1S/C22H40N2O5Si/c1-21(2,3)29-18(25)13-14(9-10-28-30(7,8)22(4,5)6)20(27)24-16-11-15(16)12-17(24)19(23)26/h14-17H,9-13H2,1-8H3,(H2,23,26)/t14-,15-,16?,17+/m1/s1. The van der Waals surface area contributed by atoms with Crippen LogP contribution in [0.3, 0.4) is 0 Å². The molecule has 2 rings (SSSR count). The van der Waals surface area contributed by atoms with E-state index < -0.39 is 37.8 Å². The molecule has 172 valence electrons. The number of esters is 1. The molecule has 8 heteroatoms. The predicted molar refractivity (Wildman–Crippen MR) is 118 cm³/mol. The summed E-state index contributed by atoms with van der Waals surface area (Å²) in [5.41, 5.74) is 4.94. The molecule has 1 unspecified atom stereocenters. The van der Waals surface area contributed by atoms with Crippen molar-refractivity contribution in [1.82, 2.24) is 4.90 Å². The van der Waals surface area contributed by atoms with Gasteiger partial charge in [0.1, 0.15) is 11.6 Å². The number of hydrogen-bond donors (Lipinski definition) is 1. The molecule has 4 atom stereocenters. The van der Waals surface area contributed by atoms with E-state index in [1.54, 1.807) is 25.7 Å². The Hall–Kier alpha value is -1.41. The lowest BCUT2D eigenvalue weighted by Gasteiger charge is -2.37. The summed E-state index contributed by atoms with van der Waals surface area (Å²) < 4.78 is 11.7. The molecule has 1 aliphatic carbocycles. The van der Waals surface area contributed by atoms with Crippen LogP contribution in [0.25, 0.3) is 0 Å². The lowest BCUT2D eigenvalue weighted by atomic mass is 9.98. The van der Waals surface area contributed by atoms with Crippen molar-refractivity contribution in [2.24, 2.45) is 17.6 Å². The zero-order valence-corrected chi connectivity index (χ0v) is 20.9. The van der Waals surface area contributed by atoms with Gasteiger partial charge in [0.25, 0.3) is 0 Å². The number of carbonyl (C=O) groups is 3. The molecule has 2 fully saturated rings. The number of carbonyl (C=O) groups excluding carboxylic acids is 3. The third kappa shape index (κ3) is 6.06. The van der Waals surface area contributed by atoms with E-state index in [-0.39, 0.29) is 23.4 Å². The maximum atomic E-state index is 13.4. The molecule has 30 heavy (non-hydrogen) atoms. The first-order chi connectivity index (χ1) is 13.5. The van der Waals surface area contributed by atoms with E-state index in [1.807, 2.05) is 0 Å². The maximum Gasteiger partial charge on any atom is 0.307 e. The molecule has 2 aliphatic rings. The summed E-state index contributed by atoms with van der Waals surface area (Å²) in [5, 5.41) is 0.0604. The molecule has 2 N–H and O–H groups in total. The number of primary amides is 1. The van der Waals surface area contributed by atoms with Crippen LogP contribution in [0.4, 0.5) is 0 Å². The highest BCUT2D eigenvalue weighted by molar-refractivity contribution is 6.74. The largest absolute Gasteiger partial charge is 0.460 e. The van der Waals surface area contributed by atoms with Gasteiger partial charge in [0, 0.05) is 12.6 Å². The fraction of sp³-hybridized carbons (Fsp3) is 0.864. The van der Waals surface area contributed by atoms with Crippen LogP contribution in [0.1, 0.15) is 67.2 Å². The molecular weight excluding hydrogens is 400 g/mol. The molecule has 0 aromatic carbocycles. The number of nitrogens with zero attached hydrogens (tertiary/aromatic N) is 1. The van der Waals surface area contributed by atoms with Crippen molar-refractivity contribution in [3.8, 4) is 0 Å². The molecule has 1 saturated heterocycles. The first-order valence-corrected chi connectivity index (χ1v) is 13.9. The Morgan fingerprint density at radius 2 is 1.70 bits per heavy atom. The first-order valence-electron chi connectivity index (χ1n) is 11.0. The number of likely N-dealkylation sites (tertiary alicyclic amines) is 1. The normalized spacial score (nSPS) is 24.9. The SMILES string of the molecule is CC(C)(C)OC(=O)C[C@@H](CCO[Si](C)(C)C(C)(C)C)C(=O)N1C2C[C@@H]2C[C@H]1C(N)=O. The van der Waals surface area contributed by atoms with Crippen LogP contribution in [0, 0.1) is 11.8 Å². The molecule has 0 bridgehead atoms. The number of hydrogen-bond acceptors (Lipinski definition) is 5. The Morgan fingerprint density at radius 1 is 1.10 bits per heavy atom. The third-order valence-electron chi connectivity index (χ3n) is 6.60. The van der Waals surface area contributed by atoms with Crippen molar-refractivity contribution in [2.45, 2.75) is 103 Å². The van der Waals surface area contributed by atoms with E-state index in [4.69, 9.17) is 14.9 Å². The van der Waals surface area contributed by atoms with Crippen LogP contribution >= 0.6 is 0 Å². The average Bonchev–Trinajstić information content (AvgIpc) is 3.20. The van der Waals surface area contributed by atoms with Gasteiger partial charge in [-0.05, 0) is 64.1 Å². The topological polar surface area (TPSA) is 98.9 Å². The van der Waals surface area contributed by atoms with Crippen LogP contribution in [-0.4, -0.2) is 55.3 Å². The smallest absolute Gasteiger partial charge is 0.307 e. The summed E-state index contributed by atoms with van der Waals surface area (Å²) >= 11 is 0. The van der Waals surface area contributed by atoms with Gasteiger partial charge in [-0.25, -0.2) is 0 Å². The van der Waals surface area contributed by atoms with Crippen molar-refractivity contribution in [3.05, 3.63) is 0 Å². The molecule has 1 heterocycles. The number of ether oxygens (including phenoxy) is 1. The molecule has 2 amide bonds. The molecule has 0 aromatic heterocycles. The molecule has 1 saturated carbocycles. The van der Waals surface area contributed by atoms with Crippen LogP contribution in [0.2, 0.25) is 18.1 Å². The van der Waals surface area contributed by atoms with E-state index in [9.17, 15) is 14.4 Å². The van der Waals surface area contributed by atoms with Crippen LogP contribution in [0.5, 0.6) is 0 Å². The summed E-state index contributed by atoms with van der Waals surface area (Å²) in [6.07, 6.45) is 1.95. The second-order valence-corrected chi connectivity index (χ2v) is 16.2. The number of rotatable bonds is 8. The van der Waals surface area contributed by atoms with Crippen molar-refractivity contribution >= 4 is 26.1 Å². The minimum absolute atomic E-state index is 0.0175. The molecule has 0 radical (unpaired) electrons. The summed E-state index contributed by atoms with van der Waals surface area (Å²) in [4.78, 5) is 39.5. The monoisotopic (exact) mass is 440 g/mol. The van der Waals surface area contributed by atoms with Gasteiger partial charge in [0.15, 0.2) is 8.32 Å². The second-order valence-electron chi connectivity index (χ2n) is 11.3. The summed E-state index contributed by atoms with van der Waals surface area (Å²) in [6.45, 7) is 16.6. The van der Waals surface area contributed by atoms with E-state index in [0.29, 0.717) is 25.4 Å². The Kier molecular flexibility index (Phi) is 7.13. The number of nitrogens with two attached hydrogens (primary N) is 1. The lowest BCUT2D eigenvalue weighted by molar-refractivity contribution is -0.159. The Morgan fingerprint density at radius 3 is 2.20 bits per heavy atom. The third-order valence-corrected chi connectivity index (χ3v) is 11.1. The number of fused-ring (bicyclic) bond motifs is 1. The van der Waals surface area contributed by atoms with Gasteiger partial charge >= 0.3 is 5.97 Å². The van der Waals surface area contributed by atoms with Crippen molar-refractivity contribution < 1.29 is 23.5 Å². The maximum absolute atomic E-state index is 13.4. The summed E-state index contributed by atoms with van der Waals surface area (Å²) in [5.74, 6) is -1.27. The van der Waals surface area contributed by atoms with Gasteiger partial charge in [-0.3, -0.25) is 14.4 Å². The van der Waals surface area contributed by atoms with Gasteiger partial charge < -0.3 is 19.8 Å².